The van der Waals surface area contributed by atoms with Gasteiger partial charge in [-0.15, -0.1) is 0 Å². The predicted octanol–water partition coefficient (Wildman–Crippen LogP) is 5.17. The number of unbranched alkanes of at least 4 members (excludes halogenated alkanes) is 8. The standard InChI is InChI=1S/C16H29ClO4S/c1-15(18)22-14-10-8-6-4-2-3-5-7-9-11-20-12-13-21-16(17)19/h2-14H2,1H3. The van der Waals surface area contributed by atoms with E-state index in [-0.39, 0.29) is 11.7 Å². The summed E-state index contributed by atoms with van der Waals surface area (Å²) < 4.78 is 9.87. The summed E-state index contributed by atoms with van der Waals surface area (Å²) >= 11 is 6.45. The highest BCUT2D eigenvalue weighted by Gasteiger charge is 1.97. The third-order valence-electron chi connectivity index (χ3n) is 3.18. The summed E-state index contributed by atoms with van der Waals surface area (Å²) in [5.41, 5.74) is -0.777. The van der Waals surface area contributed by atoms with Gasteiger partial charge in [-0.25, -0.2) is 4.79 Å². The van der Waals surface area contributed by atoms with Crippen LogP contribution in [0.2, 0.25) is 0 Å². The minimum atomic E-state index is -0.777. The van der Waals surface area contributed by atoms with Crippen LogP contribution in [0, 0.1) is 0 Å². The van der Waals surface area contributed by atoms with Crippen LogP contribution in [0.3, 0.4) is 0 Å². The fourth-order valence-corrected chi connectivity index (χ4v) is 2.76. The van der Waals surface area contributed by atoms with Crippen LogP contribution < -0.4 is 0 Å². The maximum absolute atomic E-state index is 10.7. The van der Waals surface area contributed by atoms with Crippen molar-refractivity contribution in [2.45, 2.75) is 64.7 Å². The molecule has 0 aliphatic carbocycles. The van der Waals surface area contributed by atoms with E-state index in [1.807, 2.05) is 0 Å². The number of carbonyl (C=O) groups is 2. The summed E-state index contributed by atoms with van der Waals surface area (Å²) in [4.78, 5) is 21.0. The van der Waals surface area contributed by atoms with Gasteiger partial charge in [0.15, 0.2) is 5.12 Å². The van der Waals surface area contributed by atoms with Crippen molar-refractivity contribution in [1.82, 2.24) is 0 Å². The van der Waals surface area contributed by atoms with Crippen LogP contribution in [-0.4, -0.2) is 36.1 Å². The molecule has 0 aromatic rings. The van der Waals surface area contributed by atoms with Crippen molar-refractivity contribution < 1.29 is 19.1 Å². The van der Waals surface area contributed by atoms with Gasteiger partial charge in [0.1, 0.15) is 6.61 Å². The van der Waals surface area contributed by atoms with E-state index in [2.05, 4.69) is 4.74 Å². The summed E-state index contributed by atoms with van der Waals surface area (Å²) in [6, 6.07) is 0. The van der Waals surface area contributed by atoms with Crippen molar-refractivity contribution in [3.8, 4) is 0 Å². The third kappa shape index (κ3) is 19.7. The van der Waals surface area contributed by atoms with Crippen LogP contribution in [0.25, 0.3) is 0 Å². The van der Waals surface area contributed by atoms with E-state index >= 15 is 0 Å². The first-order valence-electron chi connectivity index (χ1n) is 8.16. The number of hydrogen-bond acceptors (Lipinski definition) is 5. The largest absolute Gasteiger partial charge is 0.451 e. The van der Waals surface area contributed by atoms with Crippen LogP contribution >= 0.6 is 23.4 Å². The highest BCUT2D eigenvalue weighted by Crippen LogP contribution is 2.12. The average molecular weight is 353 g/mol. The summed E-state index contributed by atoms with van der Waals surface area (Å²) in [6.45, 7) is 2.99. The van der Waals surface area contributed by atoms with Crippen molar-refractivity contribution >= 4 is 33.9 Å². The molecule has 0 amide bonds. The molecule has 22 heavy (non-hydrogen) atoms. The third-order valence-corrected chi connectivity index (χ3v) is 4.19. The number of thioether (sulfide) groups is 1. The molecule has 0 radical (unpaired) electrons. The first-order chi connectivity index (χ1) is 10.6. The van der Waals surface area contributed by atoms with Crippen molar-refractivity contribution in [3.05, 3.63) is 0 Å². The van der Waals surface area contributed by atoms with Gasteiger partial charge in [-0.3, -0.25) is 4.79 Å². The molecule has 0 fully saturated rings. The molecule has 0 heterocycles. The Balaban J connectivity index is 2.99. The molecule has 0 saturated carbocycles. The lowest BCUT2D eigenvalue weighted by molar-refractivity contribution is -0.109. The maximum atomic E-state index is 10.7. The van der Waals surface area contributed by atoms with E-state index in [1.165, 1.54) is 56.7 Å². The Morgan fingerprint density at radius 2 is 1.36 bits per heavy atom. The van der Waals surface area contributed by atoms with Crippen LogP contribution in [0.4, 0.5) is 4.79 Å². The molecule has 6 heteroatoms. The lowest BCUT2D eigenvalue weighted by Gasteiger charge is -2.04. The van der Waals surface area contributed by atoms with E-state index < -0.39 is 5.43 Å². The molecular formula is C16H29ClO4S. The quantitative estimate of drug-likeness (QED) is 0.300. The summed E-state index contributed by atoms with van der Waals surface area (Å²) in [6.07, 6.45) is 11.0. The van der Waals surface area contributed by atoms with Gasteiger partial charge >= 0.3 is 5.43 Å². The number of hydrogen-bond donors (Lipinski definition) is 0. The van der Waals surface area contributed by atoms with Crippen LogP contribution in [0.1, 0.15) is 64.7 Å². The second kappa shape index (κ2) is 17.1. The van der Waals surface area contributed by atoms with Gasteiger partial charge in [0.05, 0.1) is 6.61 Å². The van der Waals surface area contributed by atoms with Gasteiger partial charge < -0.3 is 9.47 Å². The highest BCUT2D eigenvalue weighted by molar-refractivity contribution is 8.13. The maximum Gasteiger partial charge on any atom is 0.403 e. The van der Waals surface area contributed by atoms with Gasteiger partial charge in [0.25, 0.3) is 0 Å². The van der Waals surface area contributed by atoms with Gasteiger partial charge in [0.2, 0.25) is 0 Å². The van der Waals surface area contributed by atoms with Crippen LogP contribution in [0.5, 0.6) is 0 Å². The smallest absolute Gasteiger partial charge is 0.403 e. The molecular weight excluding hydrogens is 324 g/mol. The molecule has 0 aromatic heterocycles. The number of carbonyl (C=O) groups excluding carboxylic acids is 2. The molecule has 0 spiro atoms. The number of halogens is 1. The number of ether oxygens (including phenoxy) is 2. The summed E-state index contributed by atoms with van der Waals surface area (Å²) in [5, 5.41) is 0.226. The molecule has 0 aliphatic heterocycles. The minimum absolute atomic E-state index is 0.226. The Labute approximate surface area is 143 Å². The molecule has 0 aromatic carbocycles. The highest BCUT2D eigenvalue weighted by atomic mass is 35.5. The van der Waals surface area contributed by atoms with Crippen molar-refractivity contribution in [2.24, 2.45) is 0 Å². The van der Waals surface area contributed by atoms with Gasteiger partial charge in [0, 0.05) is 30.9 Å². The van der Waals surface area contributed by atoms with Gasteiger partial charge in [-0.05, 0) is 12.8 Å². The zero-order chi connectivity index (χ0) is 16.5. The summed E-state index contributed by atoms with van der Waals surface area (Å²) in [5.74, 6) is 0.972. The second-order valence-electron chi connectivity index (χ2n) is 5.22. The second-order valence-corrected chi connectivity index (χ2v) is 6.80. The molecule has 0 bridgehead atoms. The Bertz CT molecular complexity index is 259. The van der Waals surface area contributed by atoms with E-state index in [0.29, 0.717) is 13.2 Å². The van der Waals surface area contributed by atoms with E-state index in [4.69, 9.17) is 16.3 Å². The lowest BCUT2D eigenvalue weighted by atomic mass is 10.1. The summed E-state index contributed by atoms with van der Waals surface area (Å²) in [7, 11) is 0. The zero-order valence-corrected chi connectivity index (χ0v) is 15.2. The topological polar surface area (TPSA) is 52.6 Å². The molecule has 0 unspecified atom stereocenters. The van der Waals surface area contributed by atoms with Crippen LogP contribution in [0.15, 0.2) is 0 Å². The fraction of sp³-hybridized carbons (Fsp3) is 0.875. The normalized spacial score (nSPS) is 10.6. The van der Waals surface area contributed by atoms with E-state index in [1.54, 1.807) is 6.92 Å². The Kier molecular flexibility index (Phi) is 16.9. The van der Waals surface area contributed by atoms with Gasteiger partial charge in [-0.1, -0.05) is 56.7 Å². The zero-order valence-electron chi connectivity index (χ0n) is 13.6. The first kappa shape index (κ1) is 21.7. The van der Waals surface area contributed by atoms with Crippen molar-refractivity contribution in [3.63, 3.8) is 0 Å². The Hall–Kier alpha value is -0.260. The Morgan fingerprint density at radius 1 is 0.818 bits per heavy atom. The molecule has 0 aliphatic rings. The van der Waals surface area contributed by atoms with Gasteiger partial charge in [-0.2, -0.15) is 0 Å². The molecule has 0 saturated heterocycles. The molecule has 0 N–H and O–H groups in total. The van der Waals surface area contributed by atoms with Crippen molar-refractivity contribution in [2.75, 3.05) is 25.6 Å². The fourth-order valence-electron chi connectivity index (χ4n) is 2.04. The molecule has 130 valence electrons. The Morgan fingerprint density at radius 3 is 1.91 bits per heavy atom. The molecule has 0 atom stereocenters. The van der Waals surface area contributed by atoms with E-state index in [9.17, 15) is 9.59 Å². The molecule has 0 rings (SSSR count). The predicted molar refractivity (Wildman–Crippen MR) is 92.7 cm³/mol. The van der Waals surface area contributed by atoms with Crippen LogP contribution in [-0.2, 0) is 14.3 Å². The lowest BCUT2D eigenvalue weighted by Crippen LogP contribution is -2.06. The molecule has 4 nitrogen and oxygen atoms in total. The first-order valence-corrected chi connectivity index (χ1v) is 9.52. The van der Waals surface area contributed by atoms with Crippen molar-refractivity contribution in [1.29, 1.82) is 0 Å². The minimum Gasteiger partial charge on any atom is -0.451 e. The monoisotopic (exact) mass is 352 g/mol. The van der Waals surface area contributed by atoms with E-state index in [0.717, 1.165) is 18.6 Å². The number of rotatable bonds is 15. The SMILES string of the molecule is CC(=O)SCCCCCCCCCCCOCCOC(=O)Cl. The average Bonchev–Trinajstić information content (AvgIpc) is 2.46.